The summed E-state index contributed by atoms with van der Waals surface area (Å²) < 4.78 is 0. The molecule has 20 heavy (non-hydrogen) atoms. The molecule has 7 heteroatoms. The van der Waals surface area contributed by atoms with E-state index in [0.717, 1.165) is 16.9 Å². The summed E-state index contributed by atoms with van der Waals surface area (Å²) in [6.45, 7) is 0. The highest BCUT2D eigenvalue weighted by molar-refractivity contribution is 5.99. The van der Waals surface area contributed by atoms with E-state index >= 15 is 0 Å². The Labute approximate surface area is 114 Å². The molecule has 3 N–H and O–H groups in total. The lowest BCUT2D eigenvalue weighted by molar-refractivity contribution is -0.115. The molecule has 1 aliphatic heterocycles. The van der Waals surface area contributed by atoms with Crippen molar-refractivity contribution in [1.29, 1.82) is 5.26 Å². The summed E-state index contributed by atoms with van der Waals surface area (Å²) in [5.74, 6) is 0.984. The van der Waals surface area contributed by atoms with Crippen LogP contribution in [0.3, 0.4) is 0 Å². The summed E-state index contributed by atoms with van der Waals surface area (Å²) in [7, 11) is 0. The summed E-state index contributed by atoms with van der Waals surface area (Å²) in [6.07, 6.45) is 3.55. The predicted octanol–water partition coefficient (Wildman–Crippen LogP) is 1.61. The van der Waals surface area contributed by atoms with Crippen molar-refractivity contribution in [2.45, 2.75) is 6.42 Å². The molecule has 0 spiro atoms. The van der Waals surface area contributed by atoms with Crippen molar-refractivity contribution >= 4 is 28.9 Å². The van der Waals surface area contributed by atoms with Crippen molar-refractivity contribution in [3.05, 3.63) is 36.2 Å². The molecule has 0 saturated carbocycles. The minimum Gasteiger partial charge on any atom is -0.340 e. The first kappa shape index (κ1) is 11.9. The van der Waals surface area contributed by atoms with Crippen molar-refractivity contribution in [2.24, 2.45) is 0 Å². The lowest BCUT2D eigenvalue weighted by Gasteiger charge is -2.07. The van der Waals surface area contributed by atoms with E-state index in [0.29, 0.717) is 18.1 Å². The van der Waals surface area contributed by atoms with Gasteiger partial charge in [0.2, 0.25) is 5.91 Å². The van der Waals surface area contributed by atoms with Gasteiger partial charge in [0.15, 0.2) is 6.19 Å². The van der Waals surface area contributed by atoms with Crippen LogP contribution < -0.4 is 16.0 Å². The van der Waals surface area contributed by atoms with Crippen molar-refractivity contribution in [2.75, 3.05) is 16.0 Å². The number of hydrogen-bond acceptors (Lipinski definition) is 6. The maximum absolute atomic E-state index is 11.3. The van der Waals surface area contributed by atoms with Crippen molar-refractivity contribution < 1.29 is 4.79 Å². The first-order valence-corrected chi connectivity index (χ1v) is 5.91. The van der Waals surface area contributed by atoms with E-state index in [1.165, 1.54) is 6.33 Å². The minimum absolute atomic E-state index is 0.000285. The number of benzene rings is 1. The summed E-state index contributed by atoms with van der Waals surface area (Å²) in [4.78, 5) is 19.3. The quantitative estimate of drug-likeness (QED) is 0.576. The highest BCUT2D eigenvalue weighted by Crippen LogP contribution is 2.27. The van der Waals surface area contributed by atoms with Gasteiger partial charge in [0.25, 0.3) is 0 Å². The van der Waals surface area contributed by atoms with Gasteiger partial charge in [-0.2, -0.15) is 5.26 Å². The number of nitriles is 1. The van der Waals surface area contributed by atoms with E-state index < -0.39 is 0 Å². The lowest BCUT2D eigenvalue weighted by atomic mass is 10.1. The van der Waals surface area contributed by atoms with E-state index in [1.807, 2.05) is 18.2 Å². The molecule has 3 rings (SSSR count). The minimum atomic E-state index is -0.000285. The number of amides is 1. The van der Waals surface area contributed by atoms with Gasteiger partial charge >= 0.3 is 0 Å². The Morgan fingerprint density at radius 3 is 2.95 bits per heavy atom. The first-order valence-electron chi connectivity index (χ1n) is 5.91. The standard InChI is InChI=1S/C13H10N6O/c14-6-15-11-5-12(17-7-16-11)18-9-1-2-10-8(3-9)4-13(20)19-10/h1-3,5,7H,4H2,(H,19,20)(H2,15,16,17,18). The highest BCUT2D eigenvalue weighted by Gasteiger charge is 2.17. The maximum atomic E-state index is 11.3. The zero-order valence-electron chi connectivity index (χ0n) is 10.3. The third-order valence-corrected chi connectivity index (χ3v) is 2.85. The molecule has 0 atom stereocenters. The third-order valence-electron chi connectivity index (χ3n) is 2.85. The van der Waals surface area contributed by atoms with Crippen LogP contribution in [0.1, 0.15) is 5.56 Å². The third kappa shape index (κ3) is 2.35. The Morgan fingerprint density at radius 2 is 2.10 bits per heavy atom. The van der Waals surface area contributed by atoms with E-state index in [4.69, 9.17) is 5.26 Å². The predicted molar refractivity (Wildman–Crippen MR) is 73.3 cm³/mol. The highest BCUT2D eigenvalue weighted by atomic mass is 16.1. The Kier molecular flexibility index (Phi) is 2.89. The second-order valence-corrected chi connectivity index (χ2v) is 4.25. The monoisotopic (exact) mass is 266 g/mol. The fourth-order valence-electron chi connectivity index (χ4n) is 2.01. The zero-order valence-corrected chi connectivity index (χ0v) is 10.3. The Morgan fingerprint density at radius 1 is 1.25 bits per heavy atom. The van der Waals surface area contributed by atoms with Crippen LogP contribution in [-0.2, 0) is 11.2 Å². The van der Waals surface area contributed by atoms with E-state index in [-0.39, 0.29) is 5.91 Å². The van der Waals surface area contributed by atoms with Gasteiger partial charge in [-0.1, -0.05) is 0 Å². The smallest absolute Gasteiger partial charge is 0.228 e. The number of fused-ring (bicyclic) bond motifs is 1. The molecule has 1 aromatic carbocycles. The molecule has 0 saturated heterocycles. The molecule has 0 unspecified atom stereocenters. The Bertz CT molecular complexity index is 721. The average Bonchev–Trinajstić information content (AvgIpc) is 2.79. The van der Waals surface area contributed by atoms with E-state index in [1.54, 1.807) is 12.3 Å². The van der Waals surface area contributed by atoms with Crippen LogP contribution in [0.4, 0.5) is 23.0 Å². The number of nitrogens with one attached hydrogen (secondary N) is 3. The van der Waals surface area contributed by atoms with E-state index in [9.17, 15) is 4.79 Å². The maximum Gasteiger partial charge on any atom is 0.228 e. The van der Waals surface area contributed by atoms with E-state index in [2.05, 4.69) is 25.9 Å². The average molecular weight is 266 g/mol. The number of rotatable bonds is 3. The van der Waals surface area contributed by atoms with Crippen molar-refractivity contribution in [3.8, 4) is 6.19 Å². The second-order valence-electron chi connectivity index (χ2n) is 4.25. The molecule has 1 aromatic heterocycles. The van der Waals surface area contributed by atoms with Crippen LogP contribution in [0.5, 0.6) is 0 Å². The van der Waals surface area contributed by atoms with Crippen LogP contribution in [-0.4, -0.2) is 15.9 Å². The summed E-state index contributed by atoms with van der Waals surface area (Å²) >= 11 is 0. The number of aromatic nitrogens is 2. The number of anilines is 4. The molecule has 0 fully saturated rings. The summed E-state index contributed by atoms with van der Waals surface area (Å²) in [5.41, 5.74) is 2.61. The number of hydrogen-bond donors (Lipinski definition) is 3. The van der Waals surface area contributed by atoms with Crippen LogP contribution in [0.2, 0.25) is 0 Å². The molecule has 2 heterocycles. The summed E-state index contributed by atoms with van der Waals surface area (Å²) in [6, 6.07) is 7.22. The second kappa shape index (κ2) is 4.85. The fourth-order valence-corrected chi connectivity index (χ4v) is 2.01. The van der Waals surface area contributed by atoms with Gasteiger partial charge in [-0.3, -0.25) is 10.1 Å². The molecule has 2 aromatic rings. The van der Waals surface area contributed by atoms with Crippen LogP contribution in [0.15, 0.2) is 30.6 Å². The number of carbonyl (C=O) groups is 1. The normalized spacial score (nSPS) is 12.2. The Balaban J connectivity index is 1.82. The molecule has 1 aliphatic rings. The molecule has 0 bridgehead atoms. The van der Waals surface area contributed by atoms with Crippen LogP contribution in [0, 0.1) is 11.5 Å². The number of carbonyl (C=O) groups excluding carboxylic acids is 1. The largest absolute Gasteiger partial charge is 0.340 e. The van der Waals surface area contributed by atoms with Gasteiger partial charge in [0, 0.05) is 17.4 Å². The lowest BCUT2D eigenvalue weighted by Crippen LogP contribution is -2.03. The molecule has 7 nitrogen and oxygen atoms in total. The Hall–Kier alpha value is -3.14. The van der Waals surface area contributed by atoms with Gasteiger partial charge in [-0.15, -0.1) is 0 Å². The molecule has 1 amide bonds. The van der Waals surface area contributed by atoms with Gasteiger partial charge in [-0.25, -0.2) is 9.97 Å². The fraction of sp³-hybridized carbons (Fsp3) is 0.0769. The SMILES string of the molecule is N#CNc1cc(Nc2ccc3c(c2)CC(=O)N3)ncn1. The molecule has 0 radical (unpaired) electrons. The molecule has 0 aliphatic carbocycles. The van der Waals surface area contributed by atoms with Crippen molar-refractivity contribution in [1.82, 2.24) is 9.97 Å². The molecular weight excluding hydrogens is 256 g/mol. The van der Waals surface area contributed by atoms with Crippen LogP contribution in [0.25, 0.3) is 0 Å². The summed E-state index contributed by atoms with van der Waals surface area (Å²) in [5, 5.41) is 16.9. The first-order chi connectivity index (χ1) is 9.74. The molecular formula is C13H10N6O. The molecule has 98 valence electrons. The topological polar surface area (TPSA) is 103 Å². The number of nitrogens with zero attached hydrogens (tertiary/aromatic N) is 3. The van der Waals surface area contributed by atoms with Crippen molar-refractivity contribution in [3.63, 3.8) is 0 Å². The van der Waals surface area contributed by atoms with Gasteiger partial charge in [0.05, 0.1) is 6.42 Å². The van der Waals surface area contributed by atoms with Gasteiger partial charge in [0.1, 0.15) is 18.0 Å². The van der Waals surface area contributed by atoms with Crippen LogP contribution >= 0.6 is 0 Å². The zero-order chi connectivity index (χ0) is 13.9. The van der Waals surface area contributed by atoms with Gasteiger partial charge < -0.3 is 10.6 Å². The van der Waals surface area contributed by atoms with Gasteiger partial charge in [-0.05, 0) is 23.8 Å².